The molecule has 1 aromatic heterocycles. The van der Waals surface area contributed by atoms with Crippen LogP contribution in [0.2, 0.25) is 0 Å². The molecule has 70 valence electrons. The third-order valence-corrected chi connectivity index (χ3v) is 2.09. The summed E-state index contributed by atoms with van der Waals surface area (Å²) in [4.78, 5) is 8.34. The molecule has 0 atom stereocenters. The first-order valence-electron chi connectivity index (χ1n) is 4.41. The van der Waals surface area contributed by atoms with Gasteiger partial charge in [0.2, 0.25) is 0 Å². The number of nitrogens with two attached hydrogens (primary N) is 1. The van der Waals surface area contributed by atoms with Crippen molar-refractivity contribution in [1.29, 1.82) is 0 Å². The van der Waals surface area contributed by atoms with Crippen molar-refractivity contribution in [3.05, 3.63) is 42.2 Å². The number of anilines is 1. The van der Waals surface area contributed by atoms with E-state index >= 15 is 0 Å². The molecule has 2 N–H and O–H groups in total. The van der Waals surface area contributed by atoms with Gasteiger partial charge in [0.1, 0.15) is 0 Å². The quantitative estimate of drug-likeness (QED) is 0.691. The van der Waals surface area contributed by atoms with Crippen molar-refractivity contribution >= 4 is 5.69 Å². The normalized spacial score (nSPS) is 10.1. The average molecular weight is 185 g/mol. The van der Waals surface area contributed by atoms with Gasteiger partial charge in [0.15, 0.2) is 5.82 Å². The second kappa shape index (κ2) is 3.46. The topological polar surface area (TPSA) is 51.8 Å². The Hall–Kier alpha value is -1.90. The Labute approximate surface area is 82.6 Å². The molecule has 0 saturated carbocycles. The Kier molecular flexibility index (Phi) is 2.14. The maximum absolute atomic E-state index is 5.73. The SMILES string of the molecule is Cc1cc(-c2ncccn2)ccc1N. The molecular formula is C11H11N3. The van der Waals surface area contributed by atoms with Crippen molar-refractivity contribution in [3.63, 3.8) is 0 Å². The zero-order valence-electron chi connectivity index (χ0n) is 7.94. The molecule has 1 aromatic carbocycles. The van der Waals surface area contributed by atoms with Crippen LogP contribution in [0.5, 0.6) is 0 Å². The maximum atomic E-state index is 5.73. The number of rotatable bonds is 1. The second-order valence-electron chi connectivity index (χ2n) is 3.14. The minimum Gasteiger partial charge on any atom is -0.399 e. The van der Waals surface area contributed by atoms with Crippen molar-refractivity contribution in [2.45, 2.75) is 6.92 Å². The Bertz CT molecular complexity index is 438. The van der Waals surface area contributed by atoms with Gasteiger partial charge in [0.25, 0.3) is 0 Å². The Morgan fingerprint density at radius 1 is 1.14 bits per heavy atom. The van der Waals surface area contributed by atoms with Crippen molar-refractivity contribution in [2.24, 2.45) is 0 Å². The highest BCUT2D eigenvalue weighted by atomic mass is 14.8. The summed E-state index contributed by atoms with van der Waals surface area (Å²) in [6, 6.07) is 7.59. The fourth-order valence-electron chi connectivity index (χ4n) is 1.26. The lowest BCUT2D eigenvalue weighted by atomic mass is 10.1. The highest BCUT2D eigenvalue weighted by Crippen LogP contribution is 2.19. The van der Waals surface area contributed by atoms with E-state index in [4.69, 9.17) is 5.73 Å². The van der Waals surface area contributed by atoms with Gasteiger partial charge in [-0.15, -0.1) is 0 Å². The molecule has 2 rings (SSSR count). The van der Waals surface area contributed by atoms with E-state index in [0.29, 0.717) is 0 Å². The molecule has 3 heteroatoms. The largest absolute Gasteiger partial charge is 0.399 e. The van der Waals surface area contributed by atoms with Crippen LogP contribution in [0.25, 0.3) is 11.4 Å². The summed E-state index contributed by atoms with van der Waals surface area (Å²) in [5.41, 5.74) is 8.57. The zero-order chi connectivity index (χ0) is 9.97. The Balaban J connectivity index is 2.48. The maximum Gasteiger partial charge on any atom is 0.159 e. The van der Waals surface area contributed by atoms with Gasteiger partial charge >= 0.3 is 0 Å². The molecular weight excluding hydrogens is 174 g/mol. The van der Waals surface area contributed by atoms with Gasteiger partial charge in [0.05, 0.1) is 0 Å². The van der Waals surface area contributed by atoms with Crippen LogP contribution in [0.15, 0.2) is 36.7 Å². The summed E-state index contributed by atoms with van der Waals surface area (Å²) in [5.74, 6) is 0.732. The summed E-state index contributed by atoms with van der Waals surface area (Å²) in [5, 5.41) is 0. The molecule has 0 spiro atoms. The number of aromatic nitrogens is 2. The predicted molar refractivity (Wildman–Crippen MR) is 56.6 cm³/mol. The lowest BCUT2D eigenvalue weighted by Gasteiger charge is -2.03. The van der Waals surface area contributed by atoms with Gasteiger partial charge < -0.3 is 5.73 Å². The third-order valence-electron chi connectivity index (χ3n) is 2.09. The first-order chi connectivity index (χ1) is 6.77. The third kappa shape index (κ3) is 1.57. The van der Waals surface area contributed by atoms with Crippen LogP contribution in [-0.4, -0.2) is 9.97 Å². The van der Waals surface area contributed by atoms with E-state index in [9.17, 15) is 0 Å². The molecule has 0 saturated heterocycles. The van der Waals surface area contributed by atoms with Gasteiger partial charge in [0, 0.05) is 23.6 Å². The van der Waals surface area contributed by atoms with Gasteiger partial charge in [-0.3, -0.25) is 0 Å². The molecule has 14 heavy (non-hydrogen) atoms. The van der Waals surface area contributed by atoms with Crippen LogP contribution in [0.3, 0.4) is 0 Å². The minimum atomic E-state index is 0.732. The molecule has 0 aliphatic rings. The van der Waals surface area contributed by atoms with Crippen molar-refractivity contribution in [2.75, 3.05) is 5.73 Å². The molecule has 2 aromatic rings. The fourth-order valence-corrected chi connectivity index (χ4v) is 1.26. The van der Waals surface area contributed by atoms with Gasteiger partial charge in [-0.25, -0.2) is 9.97 Å². The van der Waals surface area contributed by atoms with E-state index in [1.807, 2.05) is 25.1 Å². The van der Waals surface area contributed by atoms with Crippen molar-refractivity contribution in [3.8, 4) is 11.4 Å². The minimum absolute atomic E-state index is 0.732. The molecule has 0 radical (unpaired) electrons. The number of hydrogen-bond donors (Lipinski definition) is 1. The molecule has 1 heterocycles. The van der Waals surface area contributed by atoms with Crippen LogP contribution in [0.4, 0.5) is 5.69 Å². The monoisotopic (exact) mass is 185 g/mol. The first-order valence-corrected chi connectivity index (χ1v) is 4.41. The molecule has 0 amide bonds. The summed E-state index contributed by atoms with van der Waals surface area (Å²) >= 11 is 0. The van der Waals surface area contributed by atoms with Crippen LogP contribution < -0.4 is 5.73 Å². The Morgan fingerprint density at radius 2 is 1.86 bits per heavy atom. The highest BCUT2D eigenvalue weighted by molar-refractivity contribution is 5.61. The second-order valence-corrected chi connectivity index (χ2v) is 3.14. The van der Waals surface area contributed by atoms with E-state index in [1.54, 1.807) is 18.5 Å². The van der Waals surface area contributed by atoms with E-state index in [0.717, 1.165) is 22.6 Å². The number of benzene rings is 1. The van der Waals surface area contributed by atoms with Gasteiger partial charge in [-0.05, 0) is 36.8 Å². The number of hydrogen-bond acceptors (Lipinski definition) is 3. The van der Waals surface area contributed by atoms with E-state index in [1.165, 1.54) is 0 Å². The molecule has 0 fully saturated rings. The van der Waals surface area contributed by atoms with E-state index in [-0.39, 0.29) is 0 Å². The van der Waals surface area contributed by atoms with Crippen molar-refractivity contribution < 1.29 is 0 Å². The molecule has 0 aliphatic carbocycles. The standard InChI is InChI=1S/C11H11N3/c1-8-7-9(3-4-10(8)12)11-13-5-2-6-14-11/h2-7H,12H2,1H3. The summed E-state index contributed by atoms with van der Waals surface area (Å²) in [6.07, 6.45) is 3.46. The molecule has 0 unspecified atom stereocenters. The summed E-state index contributed by atoms with van der Waals surface area (Å²) < 4.78 is 0. The average Bonchev–Trinajstić information content (AvgIpc) is 2.23. The first kappa shape index (κ1) is 8.69. The van der Waals surface area contributed by atoms with Crippen LogP contribution in [0.1, 0.15) is 5.56 Å². The number of nitrogen functional groups attached to an aromatic ring is 1. The van der Waals surface area contributed by atoms with Gasteiger partial charge in [-0.2, -0.15) is 0 Å². The summed E-state index contributed by atoms with van der Waals surface area (Å²) in [7, 11) is 0. The lowest BCUT2D eigenvalue weighted by molar-refractivity contribution is 1.17. The molecule has 0 aliphatic heterocycles. The predicted octanol–water partition coefficient (Wildman–Crippen LogP) is 2.03. The lowest BCUT2D eigenvalue weighted by Crippen LogP contribution is -1.91. The molecule has 3 nitrogen and oxygen atoms in total. The summed E-state index contributed by atoms with van der Waals surface area (Å²) in [6.45, 7) is 1.97. The fraction of sp³-hybridized carbons (Fsp3) is 0.0909. The van der Waals surface area contributed by atoms with E-state index < -0.39 is 0 Å². The van der Waals surface area contributed by atoms with Crippen LogP contribution in [0, 0.1) is 6.92 Å². The Morgan fingerprint density at radius 3 is 2.50 bits per heavy atom. The van der Waals surface area contributed by atoms with E-state index in [2.05, 4.69) is 9.97 Å². The van der Waals surface area contributed by atoms with Crippen LogP contribution >= 0.6 is 0 Å². The van der Waals surface area contributed by atoms with Crippen LogP contribution in [-0.2, 0) is 0 Å². The zero-order valence-corrected chi connectivity index (χ0v) is 7.94. The number of aryl methyl sites for hydroxylation is 1. The number of nitrogens with zero attached hydrogens (tertiary/aromatic N) is 2. The molecule has 0 bridgehead atoms. The van der Waals surface area contributed by atoms with Crippen molar-refractivity contribution in [1.82, 2.24) is 9.97 Å². The van der Waals surface area contributed by atoms with Gasteiger partial charge in [-0.1, -0.05) is 0 Å². The highest BCUT2D eigenvalue weighted by Gasteiger charge is 2.01. The smallest absolute Gasteiger partial charge is 0.159 e.